The van der Waals surface area contributed by atoms with E-state index in [1.807, 2.05) is 18.3 Å². The number of rotatable bonds is 9. The van der Waals surface area contributed by atoms with Crippen molar-refractivity contribution in [3.8, 4) is 5.75 Å². The fourth-order valence-corrected chi connectivity index (χ4v) is 3.50. The van der Waals surface area contributed by atoms with Gasteiger partial charge in [-0.3, -0.25) is 0 Å². The van der Waals surface area contributed by atoms with Crippen molar-refractivity contribution >= 4 is 41.3 Å². The Hall–Kier alpha value is -1.39. The molecule has 28 heavy (non-hydrogen) atoms. The van der Waals surface area contributed by atoms with Crippen molar-refractivity contribution in [2.24, 2.45) is 4.99 Å². The normalized spacial score (nSPS) is 12.4. The molecule has 0 aliphatic rings. The lowest BCUT2D eigenvalue weighted by Crippen LogP contribution is -2.41. The molecule has 0 amide bonds. The van der Waals surface area contributed by atoms with Gasteiger partial charge in [-0.2, -0.15) is 0 Å². The number of nitrogens with one attached hydrogen (secondary N) is 2. The minimum absolute atomic E-state index is 0. The molecule has 1 atom stereocenters. The molecule has 2 aromatic rings. The van der Waals surface area contributed by atoms with Crippen LogP contribution >= 0.6 is 35.3 Å². The molecule has 2 N–H and O–H groups in total. The maximum Gasteiger partial charge on any atom is 0.191 e. The van der Waals surface area contributed by atoms with Crippen LogP contribution in [-0.2, 0) is 13.0 Å². The number of halogens is 1. The summed E-state index contributed by atoms with van der Waals surface area (Å²) in [5, 5.41) is 7.82. The van der Waals surface area contributed by atoms with Gasteiger partial charge in [0.25, 0.3) is 0 Å². The number of aromatic nitrogens is 1. The lowest BCUT2D eigenvalue weighted by Gasteiger charge is -2.26. The van der Waals surface area contributed by atoms with Crippen LogP contribution in [0.5, 0.6) is 5.75 Å². The maximum atomic E-state index is 5.37. The highest BCUT2D eigenvalue weighted by Gasteiger charge is 2.15. The molecular weight excluding hydrogens is 485 g/mol. The molecule has 8 heteroatoms. The summed E-state index contributed by atoms with van der Waals surface area (Å²) in [6.07, 6.45) is 2.96. The second-order valence-corrected chi connectivity index (χ2v) is 7.61. The van der Waals surface area contributed by atoms with Gasteiger partial charge in [-0.25, -0.2) is 9.98 Å². The summed E-state index contributed by atoms with van der Waals surface area (Å²) in [5.41, 5.74) is 1.20. The van der Waals surface area contributed by atoms with Gasteiger partial charge in [-0.05, 0) is 45.1 Å². The zero-order valence-electron chi connectivity index (χ0n) is 17.4. The van der Waals surface area contributed by atoms with E-state index in [2.05, 4.69) is 65.6 Å². The molecule has 0 saturated heterocycles. The molecule has 1 heterocycles. The van der Waals surface area contributed by atoms with Crippen LogP contribution in [-0.4, -0.2) is 50.1 Å². The Kier molecular flexibility index (Phi) is 11.4. The number of thiazole rings is 1. The average Bonchev–Trinajstić information content (AvgIpc) is 3.14. The third kappa shape index (κ3) is 7.56. The highest BCUT2D eigenvalue weighted by molar-refractivity contribution is 14.0. The van der Waals surface area contributed by atoms with Crippen LogP contribution < -0.4 is 15.4 Å². The molecule has 2 rings (SSSR count). The molecular formula is C20H32IN5OS. The van der Waals surface area contributed by atoms with Crippen LogP contribution in [0.15, 0.2) is 35.5 Å². The van der Waals surface area contributed by atoms with Gasteiger partial charge in [0.1, 0.15) is 10.8 Å². The van der Waals surface area contributed by atoms with Gasteiger partial charge in [0, 0.05) is 24.2 Å². The Bertz CT molecular complexity index is 735. The largest absolute Gasteiger partial charge is 0.497 e. The SMILES string of the molecule is CCNC(=NCc1ncc(CC)s1)NCC(c1cccc(OC)c1)N(C)C.I. The van der Waals surface area contributed by atoms with Gasteiger partial charge in [0.15, 0.2) is 5.96 Å². The van der Waals surface area contributed by atoms with Crippen molar-refractivity contribution in [2.45, 2.75) is 32.9 Å². The zero-order chi connectivity index (χ0) is 19.6. The average molecular weight is 517 g/mol. The van der Waals surface area contributed by atoms with Crippen molar-refractivity contribution in [1.29, 1.82) is 0 Å². The summed E-state index contributed by atoms with van der Waals surface area (Å²) < 4.78 is 5.37. The van der Waals surface area contributed by atoms with Crippen molar-refractivity contribution in [1.82, 2.24) is 20.5 Å². The van der Waals surface area contributed by atoms with E-state index in [0.29, 0.717) is 6.54 Å². The van der Waals surface area contributed by atoms with Crippen molar-refractivity contribution in [3.05, 3.63) is 45.9 Å². The Morgan fingerprint density at radius 2 is 2.07 bits per heavy atom. The van der Waals surface area contributed by atoms with E-state index >= 15 is 0 Å². The van der Waals surface area contributed by atoms with Crippen molar-refractivity contribution < 1.29 is 4.74 Å². The highest BCUT2D eigenvalue weighted by atomic mass is 127. The Morgan fingerprint density at radius 1 is 1.29 bits per heavy atom. The number of nitrogens with zero attached hydrogens (tertiary/aromatic N) is 3. The highest BCUT2D eigenvalue weighted by Crippen LogP contribution is 2.22. The number of likely N-dealkylation sites (N-methyl/N-ethyl adjacent to an activating group) is 1. The van der Waals surface area contributed by atoms with E-state index in [1.54, 1.807) is 18.4 Å². The predicted molar refractivity (Wildman–Crippen MR) is 129 cm³/mol. The molecule has 0 spiro atoms. The number of aryl methyl sites for hydroxylation is 1. The third-order valence-corrected chi connectivity index (χ3v) is 5.36. The molecule has 0 saturated carbocycles. The first kappa shape index (κ1) is 24.6. The van der Waals surface area contributed by atoms with Crippen LogP contribution in [0.25, 0.3) is 0 Å². The fraction of sp³-hybridized carbons (Fsp3) is 0.500. The third-order valence-electron chi connectivity index (χ3n) is 4.23. The minimum Gasteiger partial charge on any atom is -0.497 e. The standard InChI is InChI=1S/C20H31N5OS.HI/c1-6-17-12-22-19(27-17)14-24-20(21-7-2)23-13-18(25(3)4)15-9-8-10-16(11-15)26-5;/h8-12,18H,6-7,13-14H2,1-5H3,(H2,21,23,24);1H. The van der Waals surface area contributed by atoms with E-state index in [0.717, 1.165) is 36.2 Å². The number of methoxy groups -OCH3 is 1. The van der Waals surface area contributed by atoms with Gasteiger partial charge < -0.3 is 20.3 Å². The summed E-state index contributed by atoms with van der Waals surface area (Å²) in [4.78, 5) is 12.6. The minimum atomic E-state index is 0. The molecule has 1 unspecified atom stereocenters. The first-order chi connectivity index (χ1) is 13.1. The van der Waals surface area contributed by atoms with E-state index in [4.69, 9.17) is 4.74 Å². The Balaban J connectivity index is 0.00000392. The molecule has 0 radical (unpaired) electrons. The van der Waals surface area contributed by atoms with E-state index in [9.17, 15) is 0 Å². The van der Waals surface area contributed by atoms with Crippen LogP contribution in [0.3, 0.4) is 0 Å². The number of ether oxygens (including phenoxy) is 1. The first-order valence-corrected chi connectivity index (χ1v) is 10.1. The van der Waals surface area contributed by atoms with E-state index in [-0.39, 0.29) is 30.0 Å². The molecule has 1 aromatic heterocycles. The second kappa shape index (κ2) is 12.9. The zero-order valence-corrected chi connectivity index (χ0v) is 20.5. The Morgan fingerprint density at radius 3 is 2.68 bits per heavy atom. The topological polar surface area (TPSA) is 61.8 Å². The predicted octanol–water partition coefficient (Wildman–Crippen LogP) is 3.69. The quantitative estimate of drug-likeness (QED) is 0.302. The number of benzene rings is 1. The monoisotopic (exact) mass is 517 g/mol. The van der Waals surface area contributed by atoms with E-state index < -0.39 is 0 Å². The first-order valence-electron chi connectivity index (χ1n) is 9.33. The van der Waals surface area contributed by atoms with Crippen LogP contribution in [0.2, 0.25) is 0 Å². The van der Waals surface area contributed by atoms with Crippen LogP contribution in [0.1, 0.15) is 35.3 Å². The molecule has 6 nitrogen and oxygen atoms in total. The number of hydrogen-bond donors (Lipinski definition) is 2. The summed E-state index contributed by atoms with van der Waals surface area (Å²) in [5.74, 6) is 1.68. The molecule has 0 bridgehead atoms. The number of aliphatic imine (C=N–C) groups is 1. The molecule has 0 aliphatic carbocycles. The van der Waals surface area contributed by atoms with Crippen molar-refractivity contribution in [3.63, 3.8) is 0 Å². The van der Waals surface area contributed by atoms with Gasteiger partial charge in [-0.15, -0.1) is 35.3 Å². The van der Waals surface area contributed by atoms with Gasteiger partial charge in [-0.1, -0.05) is 19.1 Å². The molecule has 0 aliphatic heterocycles. The van der Waals surface area contributed by atoms with Gasteiger partial charge in [0.05, 0.1) is 19.7 Å². The molecule has 0 fully saturated rings. The summed E-state index contributed by atoms with van der Waals surface area (Å²) >= 11 is 1.73. The van der Waals surface area contributed by atoms with Crippen LogP contribution in [0.4, 0.5) is 0 Å². The summed E-state index contributed by atoms with van der Waals surface area (Å²) in [7, 11) is 5.86. The van der Waals surface area contributed by atoms with Crippen molar-refractivity contribution in [2.75, 3.05) is 34.3 Å². The van der Waals surface area contributed by atoms with Crippen LogP contribution in [0, 0.1) is 0 Å². The lowest BCUT2D eigenvalue weighted by molar-refractivity contribution is 0.297. The van der Waals surface area contributed by atoms with Gasteiger partial charge in [0.2, 0.25) is 0 Å². The number of guanidine groups is 1. The molecule has 1 aromatic carbocycles. The number of hydrogen-bond acceptors (Lipinski definition) is 5. The lowest BCUT2D eigenvalue weighted by atomic mass is 10.1. The summed E-state index contributed by atoms with van der Waals surface area (Å²) in [6.45, 7) is 6.36. The summed E-state index contributed by atoms with van der Waals surface area (Å²) in [6, 6.07) is 8.40. The van der Waals surface area contributed by atoms with Gasteiger partial charge >= 0.3 is 0 Å². The Labute approximate surface area is 189 Å². The fourth-order valence-electron chi connectivity index (χ4n) is 2.71. The maximum absolute atomic E-state index is 5.37. The molecule has 156 valence electrons. The smallest absolute Gasteiger partial charge is 0.191 e. The van der Waals surface area contributed by atoms with E-state index in [1.165, 1.54) is 10.4 Å². The second-order valence-electron chi connectivity index (χ2n) is 6.41.